The van der Waals surface area contributed by atoms with E-state index in [1.54, 1.807) is 0 Å². The lowest BCUT2D eigenvalue weighted by atomic mass is 10.1. The molecule has 100 valence electrons. The Labute approximate surface area is 105 Å². The van der Waals surface area contributed by atoms with E-state index in [2.05, 4.69) is 4.74 Å². The highest BCUT2D eigenvalue weighted by Gasteiger charge is 2.22. The molecule has 0 aromatic heterocycles. The minimum absolute atomic E-state index is 0.150. The van der Waals surface area contributed by atoms with Gasteiger partial charge in [-0.15, -0.1) is 0 Å². The summed E-state index contributed by atoms with van der Waals surface area (Å²) in [7, 11) is 1.24. The highest BCUT2D eigenvalue weighted by Crippen LogP contribution is 2.21. The Kier molecular flexibility index (Phi) is 5.55. The van der Waals surface area contributed by atoms with E-state index >= 15 is 0 Å². The number of benzene rings is 1. The second kappa shape index (κ2) is 6.93. The number of halogens is 2. The summed E-state index contributed by atoms with van der Waals surface area (Å²) in [6.45, 7) is 1.97. The Bertz CT molecular complexity index is 407. The van der Waals surface area contributed by atoms with Gasteiger partial charge in [0, 0.05) is 6.07 Å². The van der Waals surface area contributed by atoms with Gasteiger partial charge in [0.15, 0.2) is 17.7 Å². The maximum atomic E-state index is 13.4. The lowest BCUT2D eigenvalue weighted by Crippen LogP contribution is -2.28. The zero-order valence-corrected chi connectivity index (χ0v) is 10.4. The van der Waals surface area contributed by atoms with Crippen LogP contribution in [0.2, 0.25) is 0 Å². The maximum absolute atomic E-state index is 13.4. The van der Waals surface area contributed by atoms with Gasteiger partial charge in [-0.1, -0.05) is 13.3 Å². The molecule has 18 heavy (non-hydrogen) atoms. The minimum atomic E-state index is -0.866. The molecular weight excluding hydrogens is 242 g/mol. The van der Waals surface area contributed by atoms with Crippen molar-refractivity contribution in [1.29, 1.82) is 0 Å². The molecule has 0 fully saturated rings. The van der Waals surface area contributed by atoms with Gasteiger partial charge in [0.05, 0.1) is 7.11 Å². The van der Waals surface area contributed by atoms with Gasteiger partial charge in [-0.25, -0.2) is 13.6 Å². The monoisotopic (exact) mass is 258 g/mol. The van der Waals surface area contributed by atoms with Crippen molar-refractivity contribution in [3.63, 3.8) is 0 Å². The highest BCUT2D eigenvalue weighted by atomic mass is 19.1. The first-order valence-electron chi connectivity index (χ1n) is 5.78. The second-order valence-corrected chi connectivity index (χ2v) is 3.85. The third kappa shape index (κ3) is 3.98. The standard InChI is InChI=1S/C13H16F2O3/c1-3-4-5-12(13(16)17-2)18-11-7-6-9(14)8-10(11)15/h6-8,12H,3-5H2,1-2H3. The molecule has 1 aromatic carbocycles. The lowest BCUT2D eigenvalue weighted by molar-refractivity contribution is -0.149. The molecule has 0 aliphatic rings. The van der Waals surface area contributed by atoms with E-state index < -0.39 is 23.7 Å². The van der Waals surface area contributed by atoms with E-state index in [0.29, 0.717) is 12.5 Å². The molecule has 0 saturated heterocycles. The summed E-state index contributed by atoms with van der Waals surface area (Å²) in [6.07, 6.45) is 1.20. The Hall–Kier alpha value is -1.65. The Morgan fingerprint density at radius 3 is 2.67 bits per heavy atom. The third-order valence-corrected chi connectivity index (χ3v) is 2.45. The van der Waals surface area contributed by atoms with Crippen LogP contribution in [0.4, 0.5) is 8.78 Å². The van der Waals surface area contributed by atoms with Crippen LogP contribution >= 0.6 is 0 Å². The molecule has 1 rings (SSSR count). The topological polar surface area (TPSA) is 35.5 Å². The lowest BCUT2D eigenvalue weighted by Gasteiger charge is -2.17. The van der Waals surface area contributed by atoms with Gasteiger partial charge in [0.25, 0.3) is 0 Å². The summed E-state index contributed by atoms with van der Waals surface area (Å²) in [4.78, 5) is 11.5. The first-order chi connectivity index (χ1) is 8.58. The quantitative estimate of drug-likeness (QED) is 0.735. The first kappa shape index (κ1) is 14.4. The molecule has 0 heterocycles. The minimum Gasteiger partial charge on any atom is -0.476 e. The predicted octanol–water partition coefficient (Wildman–Crippen LogP) is 3.08. The van der Waals surface area contributed by atoms with E-state index in [-0.39, 0.29) is 5.75 Å². The van der Waals surface area contributed by atoms with Crippen molar-refractivity contribution >= 4 is 5.97 Å². The summed E-state index contributed by atoms with van der Waals surface area (Å²) in [5.74, 6) is -2.24. The van der Waals surface area contributed by atoms with Gasteiger partial charge in [-0.3, -0.25) is 0 Å². The summed E-state index contributed by atoms with van der Waals surface area (Å²) in [5.41, 5.74) is 0. The van der Waals surface area contributed by atoms with Gasteiger partial charge in [0.1, 0.15) is 5.82 Å². The zero-order valence-electron chi connectivity index (χ0n) is 10.4. The molecule has 0 aliphatic heterocycles. The van der Waals surface area contributed by atoms with Gasteiger partial charge in [-0.05, 0) is 25.0 Å². The summed E-state index contributed by atoms with van der Waals surface area (Å²) < 4.78 is 35.9. The maximum Gasteiger partial charge on any atom is 0.347 e. The average molecular weight is 258 g/mol. The molecule has 1 unspecified atom stereocenters. The second-order valence-electron chi connectivity index (χ2n) is 3.85. The van der Waals surface area contributed by atoms with E-state index in [4.69, 9.17) is 4.74 Å². The predicted molar refractivity (Wildman–Crippen MR) is 62.3 cm³/mol. The van der Waals surface area contributed by atoms with Gasteiger partial charge < -0.3 is 9.47 Å². The van der Waals surface area contributed by atoms with Crippen molar-refractivity contribution in [2.75, 3.05) is 7.11 Å². The van der Waals surface area contributed by atoms with Gasteiger partial charge in [0.2, 0.25) is 0 Å². The van der Waals surface area contributed by atoms with Crippen LogP contribution < -0.4 is 4.74 Å². The smallest absolute Gasteiger partial charge is 0.347 e. The van der Waals surface area contributed by atoms with Crippen LogP contribution in [-0.2, 0) is 9.53 Å². The fraction of sp³-hybridized carbons (Fsp3) is 0.462. The van der Waals surface area contributed by atoms with Gasteiger partial charge in [-0.2, -0.15) is 0 Å². The molecular formula is C13H16F2O3. The molecule has 5 heteroatoms. The molecule has 0 bridgehead atoms. The average Bonchev–Trinajstić information content (AvgIpc) is 2.36. The van der Waals surface area contributed by atoms with Crippen molar-refractivity contribution < 1.29 is 23.0 Å². The van der Waals surface area contributed by atoms with Crippen LogP contribution in [0.25, 0.3) is 0 Å². The Balaban J connectivity index is 2.78. The number of esters is 1. The van der Waals surface area contributed by atoms with Gasteiger partial charge >= 0.3 is 5.97 Å². The molecule has 0 spiro atoms. The molecule has 0 N–H and O–H groups in total. The number of rotatable bonds is 6. The van der Waals surface area contributed by atoms with Crippen molar-refractivity contribution in [1.82, 2.24) is 0 Å². The summed E-state index contributed by atoms with van der Waals surface area (Å²) in [6, 6.07) is 2.95. The van der Waals surface area contributed by atoms with Crippen molar-refractivity contribution in [2.24, 2.45) is 0 Å². The molecule has 0 radical (unpaired) electrons. The molecule has 1 aromatic rings. The van der Waals surface area contributed by atoms with Crippen molar-refractivity contribution in [3.05, 3.63) is 29.8 Å². The van der Waals surface area contributed by atoms with E-state index in [0.717, 1.165) is 25.0 Å². The summed E-state index contributed by atoms with van der Waals surface area (Å²) in [5, 5.41) is 0. The summed E-state index contributed by atoms with van der Waals surface area (Å²) >= 11 is 0. The molecule has 0 saturated carbocycles. The number of methoxy groups -OCH3 is 1. The number of ether oxygens (including phenoxy) is 2. The van der Waals surface area contributed by atoms with Crippen LogP contribution in [0, 0.1) is 11.6 Å². The number of hydrogen-bond donors (Lipinski definition) is 0. The number of unbranched alkanes of at least 4 members (excludes halogenated alkanes) is 1. The van der Waals surface area contributed by atoms with Crippen molar-refractivity contribution in [2.45, 2.75) is 32.3 Å². The van der Waals surface area contributed by atoms with Crippen LogP contribution in [0.5, 0.6) is 5.75 Å². The fourth-order valence-corrected chi connectivity index (χ4v) is 1.47. The molecule has 0 amide bonds. The number of carbonyl (C=O) groups excluding carboxylic acids is 1. The SMILES string of the molecule is CCCCC(Oc1ccc(F)cc1F)C(=O)OC. The largest absolute Gasteiger partial charge is 0.476 e. The molecule has 0 aliphatic carbocycles. The van der Waals surface area contributed by atoms with Crippen LogP contribution in [-0.4, -0.2) is 19.2 Å². The number of hydrogen-bond acceptors (Lipinski definition) is 3. The zero-order chi connectivity index (χ0) is 13.5. The van der Waals surface area contributed by atoms with Crippen LogP contribution in [0.3, 0.4) is 0 Å². The normalized spacial score (nSPS) is 12.0. The van der Waals surface area contributed by atoms with Crippen LogP contribution in [0.1, 0.15) is 26.2 Å². The Morgan fingerprint density at radius 1 is 1.39 bits per heavy atom. The van der Waals surface area contributed by atoms with E-state index in [9.17, 15) is 13.6 Å². The van der Waals surface area contributed by atoms with E-state index in [1.807, 2.05) is 6.92 Å². The van der Waals surface area contributed by atoms with Crippen LogP contribution in [0.15, 0.2) is 18.2 Å². The van der Waals surface area contributed by atoms with Crippen molar-refractivity contribution in [3.8, 4) is 5.75 Å². The number of carbonyl (C=O) groups is 1. The van der Waals surface area contributed by atoms with E-state index in [1.165, 1.54) is 7.11 Å². The highest BCUT2D eigenvalue weighted by molar-refractivity contribution is 5.74. The Morgan fingerprint density at radius 2 is 2.11 bits per heavy atom. The third-order valence-electron chi connectivity index (χ3n) is 2.45. The first-order valence-corrected chi connectivity index (χ1v) is 5.78. The molecule has 3 nitrogen and oxygen atoms in total. The molecule has 1 atom stereocenters. The fourth-order valence-electron chi connectivity index (χ4n) is 1.47.